The van der Waals surface area contributed by atoms with E-state index in [0.29, 0.717) is 5.95 Å². The molecule has 1 aliphatic rings. The Morgan fingerprint density at radius 1 is 1.17 bits per heavy atom. The summed E-state index contributed by atoms with van der Waals surface area (Å²) in [6.45, 7) is 4.19. The molecule has 0 saturated carbocycles. The zero-order valence-corrected chi connectivity index (χ0v) is 13.5. The summed E-state index contributed by atoms with van der Waals surface area (Å²) in [5, 5.41) is 3.07. The average Bonchev–Trinajstić information content (AvgIpc) is 2.56. The van der Waals surface area contributed by atoms with E-state index in [1.54, 1.807) is 0 Å². The fourth-order valence-corrected chi connectivity index (χ4v) is 2.51. The summed E-state index contributed by atoms with van der Waals surface area (Å²) < 4.78 is 4.74. The van der Waals surface area contributed by atoms with Gasteiger partial charge in [0.15, 0.2) is 0 Å². The monoisotopic (exact) mass is 328 g/mol. The van der Waals surface area contributed by atoms with E-state index >= 15 is 0 Å². The maximum absolute atomic E-state index is 10.8. The topological polar surface area (TPSA) is 96.6 Å². The number of anilines is 3. The van der Waals surface area contributed by atoms with Crippen molar-refractivity contribution < 1.29 is 9.53 Å². The minimum Gasteiger partial charge on any atom is -0.391 e. The minimum atomic E-state index is -0.906. The van der Waals surface area contributed by atoms with Gasteiger partial charge in [0.25, 0.3) is 0 Å². The van der Waals surface area contributed by atoms with E-state index < -0.39 is 6.09 Å². The van der Waals surface area contributed by atoms with E-state index in [2.05, 4.69) is 44.3 Å². The maximum Gasteiger partial charge on any atom is 0.411 e. The standard InChI is InChI=1S/C16H20N6O2/c1-21-8-10-22(11-9-21)13-4-2-12(3-5-13)19-16-18-7-6-14(20-16)24-15(17)23/h2-7H,8-11H2,1H3,(H2,17,23)(H,18,19,20). The van der Waals surface area contributed by atoms with Gasteiger partial charge in [-0.1, -0.05) is 0 Å². The van der Waals surface area contributed by atoms with E-state index in [0.717, 1.165) is 31.9 Å². The van der Waals surface area contributed by atoms with Crippen LogP contribution in [0.1, 0.15) is 0 Å². The summed E-state index contributed by atoms with van der Waals surface area (Å²) in [7, 11) is 2.14. The molecule has 126 valence electrons. The summed E-state index contributed by atoms with van der Waals surface area (Å²) in [4.78, 5) is 23.6. The molecular weight excluding hydrogens is 308 g/mol. The Bertz CT molecular complexity index is 698. The van der Waals surface area contributed by atoms with Gasteiger partial charge < -0.3 is 25.6 Å². The molecule has 1 amide bonds. The molecule has 2 heterocycles. The van der Waals surface area contributed by atoms with Crippen LogP contribution in [0.2, 0.25) is 0 Å². The summed E-state index contributed by atoms with van der Waals surface area (Å²) in [5.74, 6) is 0.440. The molecule has 0 atom stereocenters. The normalized spacial score (nSPS) is 15.1. The van der Waals surface area contributed by atoms with Crippen LogP contribution in [0.3, 0.4) is 0 Å². The van der Waals surface area contributed by atoms with Crippen LogP contribution in [-0.2, 0) is 0 Å². The number of nitrogens with one attached hydrogen (secondary N) is 1. The summed E-state index contributed by atoms with van der Waals surface area (Å²) >= 11 is 0. The highest BCUT2D eigenvalue weighted by Gasteiger charge is 2.14. The zero-order chi connectivity index (χ0) is 16.9. The van der Waals surface area contributed by atoms with Crippen molar-refractivity contribution in [3.05, 3.63) is 36.5 Å². The number of rotatable bonds is 4. The highest BCUT2D eigenvalue weighted by Crippen LogP contribution is 2.21. The summed E-state index contributed by atoms with van der Waals surface area (Å²) in [6, 6.07) is 9.54. The molecule has 0 aliphatic carbocycles. The van der Waals surface area contributed by atoms with Crippen LogP contribution in [0.4, 0.5) is 22.1 Å². The lowest BCUT2D eigenvalue weighted by molar-refractivity contribution is 0.209. The molecular formula is C16H20N6O2. The number of piperazine rings is 1. The molecule has 8 heteroatoms. The number of ether oxygens (including phenoxy) is 1. The number of benzene rings is 1. The van der Waals surface area contributed by atoms with Crippen LogP contribution < -0.4 is 20.7 Å². The van der Waals surface area contributed by atoms with Crippen molar-refractivity contribution >= 4 is 23.4 Å². The number of nitrogens with zero attached hydrogens (tertiary/aromatic N) is 4. The number of aromatic nitrogens is 2. The van der Waals surface area contributed by atoms with Gasteiger partial charge >= 0.3 is 6.09 Å². The lowest BCUT2D eigenvalue weighted by Crippen LogP contribution is -2.44. The number of likely N-dealkylation sites (N-methyl/N-ethyl adjacent to an activating group) is 1. The van der Waals surface area contributed by atoms with Gasteiger partial charge in [0.1, 0.15) is 0 Å². The second kappa shape index (κ2) is 7.14. The molecule has 0 radical (unpaired) electrons. The van der Waals surface area contributed by atoms with Gasteiger partial charge in [0, 0.05) is 49.8 Å². The molecule has 0 unspecified atom stereocenters. The molecule has 1 aromatic heterocycles. The predicted molar refractivity (Wildman–Crippen MR) is 91.7 cm³/mol. The average molecular weight is 328 g/mol. The molecule has 24 heavy (non-hydrogen) atoms. The van der Waals surface area contributed by atoms with Gasteiger partial charge in [0.05, 0.1) is 0 Å². The number of amides is 1. The molecule has 0 spiro atoms. The number of hydrogen-bond donors (Lipinski definition) is 2. The van der Waals surface area contributed by atoms with Crippen molar-refractivity contribution in [1.82, 2.24) is 14.9 Å². The number of primary amides is 1. The first-order valence-electron chi connectivity index (χ1n) is 7.71. The Labute approximate surface area is 140 Å². The third-order valence-corrected chi connectivity index (χ3v) is 3.83. The molecule has 1 saturated heterocycles. The fraction of sp³-hybridized carbons (Fsp3) is 0.312. The highest BCUT2D eigenvalue weighted by atomic mass is 16.6. The first-order chi connectivity index (χ1) is 11.6. The number of nitrogens with two attached hydrogens (primary N) is 1. The largest absolute Gasteiger partial charge is 0.411 e. The second-order valence-corrected chi connectivity index (χ2v) is 5.60. The van der Waals surface area contributed by atoms with Gasteiger partial charge in [-0.2, -0.15) is 4.98 Å². The molecule has 0 bridgehead atoms. The molecule has 1 aromatic carbocycles. The third-order valence-electron chi connectivity index (χ3n) is 3.83. The number of hydrogen-bond acceptors (Lipinski definition) is 7. The van der Waals surface area contributed by atoms with E-state index in [1.165, 1.54) is 18.0 Å². The molecule has 1 fully saturated rings. The van der Waals surface area contributed by atoms with E-state index in [-0.39, 0.29) is 5.88 Å². The van der Waals surface area contributed by atoms with Gasteiger partial charge in [-0.3, -0.25) is 0 Å². The van der Waals surface area contributed by atoms with Gasteiger partial charge in [-0.05, 0) is 31.3 Å². The maximum atomic E-state index is 10.8. The van der Waals surface area contributed by atoms with Gasteiger partial charge in [-0.15, -0.1) is 0 Å². The summed E-state index contributed by atoms with van der Waals surface area (Å²) in [5.41, 5.74) is 7.02. The predicted octanol–water partition coefficient (Wildman–Crippen LogP) is 1.43. The van der Waals surface area contributed by atoms with Crippen molar-refractivity contribution in [2.24, 2.45) is 5.73 Å². The molecule has 2 aromatic rings. The Kier molecular flexibility index (Phi) is 4.76. The molecule has 3 N–H and O–H groups in total. The van der Waals surface area contributed by atoms with E-state index in [4.69, 9.17) is 10.5 Å². The Hall–Kier alpha value is -2.87. The van der Waals surface area contributed by atoms with Crippen molar-refractivity contribution in [2.45, 2.75) is 0 Å². The smallest absolute Gasteiger partial charge is 0.391 e. The highest BCUT2D eigenvalue weighted by molar-refractivity contribution is 5.67. The minimum absolute atomic E-state index is 0.106. The van der Waals surface area contributed by atoms with E-state index in [9.17, 15) is 4.79 Å². The lowest BCUT2D eigenvalue weighted by Gasteiger charge is -2.34. The van der Waals surface area contributed by atoms with Crippen LogP contribution in [0, 0.1) is 0 Å². The van der Waals surface area contributed by atoms with Crippen LogP contribution in [0.15, 0.2) is 36.5 Å². The van der Waals surface area contributed by atoms with Gasteiger partial charge in [0.2, 0.25) is 11.8 Å². The van der Waals surface area contributed by atoms with Crippen LogP contribution in [-0.4, -0.2) is 54.2 Å². The Balaban J connectivity index is 1.65. The van der Waals surface area contributed by atoms with Crippen LogP contribution in [0.5, 0.6) is 5.88 Å². The Morgan fingerprint density at radius 3 is 2.54 bits per heavy atom. The fourth-order valence-electron chi connectivity index (χ4n) is 2.51. The van der Waals surface area contributed by atoms with Crippen molar-refractivity contribution in [1.29, 1.82) is 0 Å². The first kappa shape index (κ1) is 16.0. The van der Waals surface area contributed by atoms with Crippen LogP contribution >= 0.6 is 0 Å². The van der Waals surface area contributed by atoms with Crippen molar-refractivity contribution in [3.8, 4) is 5.88 Å². The van der Waals surface area contributed by atoms with Crippen molar-refractivity contribution in [3.63, 3.8) is 0 Å². The summed E-state index contributed by atoms with van der Waals surface area (Å²) in [6.07, 6.45) is 0.586. The molecule has 8 nitrogen and oxygen atoms in total. The Morgan fingerprint density at radius 2 is 1.88 bits per heavy atom. The SMILES string of the molecule is CN1CCN(c2ccc(Nc3nccc(OC(N)=O)n3)cc2)CC1. The quantitative estimate of drug-likeness (QED) is 0.876. The zero-order valence-electron chi connectivity index (χ0n) is 13.5. The number of carbonyl (C=O) groups is 1. The lowest BCUT2D eigenvalue weighted by atomic mass is 10.2. The van der Waals surface area contributed by atoms with Crippen molar-refractivity contribution in [2.75, 3.05) is 43.4 Å². The molecule has 1 aliphatic heterocycles. The first-order valence-corrected chi connectivity index (χ1v) is 7.71. The van der Waals surface area contributed by atoms with E-state index in [1.807, 2.05) is 12.1 Å². The third kappa shape index (κ3) is 4.11. The van der Waals surface area contributed by atoms with Crippen LogP contribution in [0.25, 0.3) is 0 Å². The molecule has 3 rings (SSSR count). The van der Waals surface area contributed by atoms with Gasteiger partial charge in [-0.25, -0.2) is 9.78 Å². The second-order valence-electron chi connectivity index (χ2n) is 5.60. The number of carbonyl (C=O) groups excluding carboxylic acids is 1.